The van der Waals surface area contributed by atoms with Crippen LogP contribution in [0.25, 0.3) is 0 Å². The minimum Gasteiger partial charge on any atom is -0.496 e. The Labute approximate surface area is 158 Å². The number of para-hydroxylation sites is 1. The number of ether oxygens (including phenoxy) is 2. The molecule has 2 aromatic carbocycles. The third-order valence-corrected chi connectivity index (χ3v) is 3.56. The number of amides is 2. The highest BCUT2D eigenvalue weighted by atomic mass is 16.5. The van der Waals surface area contributed by atoms with Crippen LogP contribution in [0, 0.1) is 0 Å². The zero-order valence-corrected chi connectivity index (χ0v) is 15.4. The lowest BCUT2D eigenvalue weighted by Gasteiger charge is -2.07. The maximum atomic E-state index is 11.9. The topological polar surface area (TPSA) is 89.0 Å². The number of rotatable bonds is 9. The standard InChI is InChI=1S/C20H23N3O4/c1-3-27-17-10-8-16(9-11-17)22-19(24)12-13-20(25)23-21-14-15-6-4-5-7-18(15)26-2/h4-11,14H,3,12-13H2,1-2H3,(H,22,24)(H,23,25). The number of methoxy groups -OCH3 is 1. The fourth-order valence-corrected chi connectivity index (χ4v) is 2.25. The van der Waals surface area contributed by atoms with E-state index in [0.29, 0.717) is 18.0 Å². The van der Waals surface area contributed by atoms with E-state index in [2.05, 4.69) is 15.8 Å². The van der Waals surface area contributed by atoms with Crippen molar-refractivity contribution >= 4 is 23.7 Å². The first-order valence-electron chi connectivity index (χ1n) is 8.60. The number of hydrogen-bond donors (Lipinski definition) is 2. The number of benzene rings is 2. The minimum absolute atomic E-state index is 0.0339. The number of nitrogens with one attached hydrogen (secondary N) is 2. The predicted octanol–water partition coefficient (Wildman–Crippen LogP) is 2.96. The van der Waals surface area contributed by atoms with Gasteiger partial charge in [-0.25, -0.2) is 5.43 Å². The summed E-state index contributed by atoms with van der Waals surface area (Å²) < 4.78 is 10.5. The van der Waals surface area contributed by atoms with Crippen LogP contribution in [0.1, 0.15) is 25.3 Å². The summed E-state index contributed by atoms with van der Waals surface area (Å²) in [7, 11) is 1.56. The lowest BCUT2D eigenvalue weighted by molar-refractivity contribution is -0.124. The van der Waals surface area contributed by atoms with E-state index in [1.54, 1.807) is 37.4 Å². The van der Waals surface area contributed by atoms with E-state index < -0.39 is 0 Å². The normalized spacial score (nSPS) is 10.4. The average molecular weight is 369 g/mol. The van der Waals surface area contributed by atoms with Crippen LogP contribution in [0.2, 0.25) is 0 Å². The van der Waals surface area contributed by atoms with Crippen LogP contribution in [0.15, 0.2) is 53.6 Å². The van der Waals surface area contributed by atoms with E-state index in [0.717, 1.165) is 11.3 Å². The number of carbonyl (C=O) groups is 2. The van der Waals surface area contributed by atoms with E-state index in [1.165, 1.54) is 6.21 Å². The Bertz CT molecular complexity index is 788. The van der Waals surface area contributed by atoms with E-state index in [-0.39, 0.29) is 24.7 Å². The third kappa shape index (κ3) is 6.81. The van der Waals surface area contributed by atoms with E-state index in [4.69, 9.17) is 9.47 Å². The van der Waals surface area contributed by atoms with Gasteiger partial charge in [-0.15, -0.1) is 0 Å². The van der Waals surface area contributed by atoms with Gasteiger partial charge < -0.3 is 14.8 Å². The molecule has 2 rings (SSSR count). The van der Waals surface area contributed by atoms with Crippen molar-refractivity contribution in [2.75, 3.05) is 19.0 Å². The van der Waals surface area contributed by atoms with Crippen molar-refractivity contribution in [1.29, 1.82) is 0 Å². The summed E-state index contributed by atoms with van der Waals surface area (Å²) in [5.41, 5.74) is 3.80. The SMILES string of the molecule is CCOc1ccc(NC(=O)CCC(=O)NN=Cc2ccccc2OC)cc1. The smallest absolute Gasteiger partial charge is 0.240 e. The first kappa shape index (κ1) is 20.0. The molecule has 2 aromatic rings. The Balaban J connectivity index is 1.74. The van der Waals surface area contributed by atoms with Crippen molar-refractivity contribution in [3.8, 4) is 11.5 Å². The van der Waals surface area contributed by atoms with Gasteiger partial charge in [0.25, 0.3) is 0 Å². The Morgan fingerprint density at radius 1 is 1.04 bits per heavy atom. The Morgan fingerprint density at radius 2 is 1.74 bits per heavy atom. The molecule has 7 nitrogen and oxygen atoms in total. The molecule has 0 bridgehead atoms. The number of anilines is 1. The van der Waals surface area contributed by atoms with Crippen LogP contribution in [0.5, 0.6) is 11.5 Å². The fourth-order valence-electron chi connectivity index (χ4n) is 2.25. The molecule has 0 atom stereocenters. The summed E-state index contributed by atoms with van der Waals surface area (Å²) in [5.74, 6) is 0.805. The summed E-state index contributed by atoms with van der Waals surface area (Å²) >= 11 is 0. The summed E-state index contributed by atoms with van der Waals surface area (Å²) in [5, 5.41) is 6.62. The Hall–Kier alpha value is -3.35. The van der Waals surface area contributed by atoms with Gasteiger partial charge in [-0.3, -0.25) is 9.59 Å². The van der Waals surface area contributed by atoms with Gasteiger partial charge in [0.2, 0.25) is 11.8 Å². The maximum absolute atomic E-state index is 11.9. The van der Waals surface area contributed by atoms with Crippen LogP contribution in [-0.2, 0) is 9.59 Å². The number of nitrogens with zero attached hydrogens (tertiary/aromatic N) is 1. The molecule has 0 aliphatic heterocycles. The molecule has 0 saturated heterocycles. The predicted molar refractivity (Wildman–Crippen MR) is 104 cm³/mol. The maximum Gasteiger partial charge on any atom is 0.240 e. The van der Waals surface area contributed by atoms with Gasteiger partial charge in [-0.05, 0) is 43.3 Å². The van der Waals surface area contributed by atoms with Crippen molar-refractivity contribution in [3.05, 3.63) is 54.1 Å². The highest BCUT2D eigenvalue weighted by Gasteiger charge is 2.07. The highest BCUT2D eigenvalue weighted by molar-refractivity contribution is 5.93. The molecule has 0 aromatic heterocycles. The first-order valence-corrected chi connectivity index (χ1v) is 8.60. The van der Waals surface area contributed by atoms with Gasteiger partial charge in [0.15, 0.2) is 0 Å². The summed E-state index contributed by atoms with van der Waals surface area (Å²) in [4.78, 5) is 23.7. The van der Waals surface area contributed by atoms with Gasteiger partial charge in [-0.1, -0.05) is 12.1 Å². The van der Waals surface area contributed by atoms with Crippen LogP contribution >= 0.6 is 0 Å². The second-order valence-electron chi connectivity index (χ2n) is 5.54. The summed E-state index contributed by atoms with van der Waals surface area (Å²) in [6.45, 7) is 2.49. The monoisotopic (exact) mass is 369 g/mol. The van der Waals surface area contributed by atoms with Gasteiger partial charge >= 0.3 is 0 Å². The van der Waals surface area contributed by atoms with Crippen LogP contribution in [0.3, 0.4) is 0 Å². The molecule has 142 valence electrons. The van der Waals surface area contributed by atoms with Gasteiger partial charge in [0, 0.05) is 24.1 Å². The number of hydrazone groups is 1. The molecule has 2 amide bonds. The third-order valence-electron chi connectivity index (χ3n) is 3.56. The summed E-state index contributed by atoms with van der Waals surface area (Å²) in [6, 6.07) is 14.4. The number of hydrogen-bond acceptors (Lipinski definition) is 5. The second-order valence-corrected chi connectivity index (χ2v) is 5.54. The van der Waals surface area contributed by atoms with E-state index >= 15 is 0 Å². The second kappa shape index (κ2) is 10.6. The molecule has 0 saturated carbocycles. The molecule has 0 spiro atoms. The average Bonchev–Trinajstić information content (AvgIpc) is 2.68. The van der Waals surface area contributed by atoms with Crippen LogP contribution in [0.4, 0.5) is 5.69 Å². The summed E-state index contributed by atoms with van der Waals surface area (Å²) in [6.07, 6.45) is 1.59. The molecule has 0 heterocycles. The van der Waals surface area contributed by atoms with Crippen molar-refractivity contribution in [2.45, 2.75) is 19.8 Å². The van der Waals surface area contributed by atoms with E-state index in [9.17, 15) is 9.59 Å². The highest BCUT2D eigenvalue weighted by Crippen LogP contribution is 2.16. The Kier molecular flexibility index (Phi) is 7.84. The molecule has 0 aliphatic carbocycles. The first-order chi connectivity index (χ1) is 13.1. The number of carbonyl (C=O) groups excluding carboxylic acids is 2. The lowest BCUT2D eigenvalue weighted by Crippen LogP contribution is -2.20. The molecule has 0 radical (unpaired) electrons. The lowest BCUT2D eigenvalue weighted by atomic mass is 10.2. The quantitative estimate of drug-likeness (QED) is 0.525. The van der Waals surface area contributed by atoms with Crippen molar-refractivity contribution < 1.29 is 19.1 Å². The molecule has 27 heavy (non-hydrogen) atoms. The molecule has 0 fully saturated rings. The van der Waals surface area contributed by atoms with Gasteiger partial charge in [-0.2, -0.15) is 5.10 Å². The molecule has 2 N–H and O–H groups in total. The fraction of sp³-hybridized carbons (Fsp3) is 0.250. The van der Waals surface area contributed by atoms with Crippen molar-refractivity contribution in [1.82, 2.24) is 5.43 Å². The van der Waals surface area contributed by atoms with Gasteiger partial charge in [0.1, 0.15) is 11.5 Å². The minimum atomic E-state index is -0.344. The Morgan fingerprint density at radius 3 is 2.44 bits per heavy atom. The molecule has 0 unspecified atom stereocenters. The van der Waals surface area contributed by atoms with Crippen LogP contribution < -0.4 is 20.2 Å². The van der Waals surface area contributed by atoms with Gasteiger partial charge in [0.05, 0.1) is 19.9 Å². The van der Waals surface area contributed by atoms with Crippen molar-refractivity contribution in [3.63, 3.8) is 0 Å². The zero-order valence-electron chi connectivity index (χ0n) is 15.4. The molecule has 0 aliphatic rings. The molecule has 7 heteroatoms. The molecular formula is C20H23N3O4. The van der Waals surface area contributed by atoms with E-state index in [1.807, 2.05) is 25.1 Å². The van der Waals surface area contributed by atoms with Crippen LogP contribution in [-0.4, -0.2) is 31.7 Å². The molecular weight excluding hydrogens is 346 g/mol. The van der Waals surface area contributed by atoms with Crippen molar-refractivity contribution in [2.24, 2.45) is 5.10 Å². The zero-order chi connectivity index (χ0) is 19.5. The largest absolute Gasteiger partial charge is 0.496 e.